The molecular formula is C6H17NO7P2. The maximum Gasteiger partial charge on any atom is 0.369 e. The third kappa shape index (κ3) is 3.35. The van der Waals surface area contributed by atoms with Gasteiger partial charge < -0.3 is 29.6 Å². The third-order valence-electron chi connectivity index (χ3n) is 2.38. The minimum Gasteiger partial charge on any atom is -0.367 e. The second kappa shape index (κ2) is 4.84. The van der Waals surface area contributed by atoms with Gasteiger partial charge in [-0.1, -0.05) is 0 Å². The van der Waals surface area contributed by atoms with Crippen LogP contribution in [-0.4, -0.2) is 54.8 Å². The fourth-order valence-corrected chi connectivity index (χ4v) is 3.35. The van der Waals surface area contributed by atoms with Crippen molar-refractivity contribution in [3.8, 4) is 0 Å². The van der Waals surface area contributed by atoms with E-state index in [2.05, 4.69) is 0 Å². The van der Waals surface area contributed by atoms with Crippen molar-refractivity contribution in [3.05, 3.63) is 0 Å². The van der Waals surface area contributed by atoms with E-state index in [1.54, 1.807) is 14.1 Å². The molecule has 0 spiro atoms. The molecule has 0 aliphatic carbocycles. The molecule has 0 aliphatic rings. The maximum absolute atomic E-state index is 11.0. The van der Waals surface area contributed by atoms with Crippen LogP contribution in [0.25, 0.3) is 0 Å². The molecule has 0 bridgehead atoms. The molecule has 0 aliphatic heterocycles. The van der Waals surface area contributed by atoms with E-state index in [-0.39, 0.29) is 0 Å². The van der Waals surface area contributed by atoms with E-state index >= 15 is 0 Å². The highest BCUT2D eigenvalue weighted by Crippen LogP contribution is 2.69. The smallest absolute Gasteiger partial charge is 0.367 e. The summed E-state index contributed by atoms with van der Waals surface area (Å²) in [6, 6.07) is -0.606. The van der Waals surface area contributed by atoms with Crippen molar-refractivity contribution in [3.63, 3.8) is 0 Å². The van der Waals surface area contributed by atoms with Gasteiger partial charge in [-0.2, -0.15) is 0 Å². The molecule has 0 fully saturated rings. The van der Waals surface area contributed by atoms with Crippen LogP contribution < -0.4 is 0 Å². The fraction of sp³-hybridized carbons (Fsp3) is 1.00. The van der Waals surface area contributed by atoms with E-state index < -0.39 is 32.7 Å². The van der Waals surface area contributed by atoms with Gasteiger partial charge in [0.2, 0.25) is 0 Å². The zero-order chi connectivity index (χ0) is 13.4. The van der Waals surface area contributed by atoms with E-state index in [9.17, 15) is 14.2 Å². The van der Waals surface area contributed by atoms with E-state index in [4.69, 9.17) is 19.6 Å². The van der Waals surface area contributed by atoms with Gasteiger partial charge in [0.05, 0.1) is 0 Å². The summed E-state index contributed by atoms with van der Waals surface area (Å²) < 4.78 is 22.0. The summed E-state index contributed by atoms with van der Waals surface area (Å²) in [7, 11) is -7.55. The zero-order valence-electron chi connectivity index (χ0n) is 9.18. The van der Waals surface area contributed by atoms with Crippen LogP contribution in [0.1, 0.15) is 13.3 Å². The van der Waals surface area contributed by atoms with Crippen LogP contribution in [-0.2, 0) is 9.13 Å². The molecule has 98 valence electrons. The Bertz CT molecular complexity index is 310. The lowest BCUT2D eigenvalue weighted by Crippen LogP contribution is -2.37. The van der Waals surface area contributed by atoms with E-state index in [1.165, 1.54) is 11.8 Å². The molecule has 5 N–H and O–H groups in total. The molecule has 0 saturated carbocycles. The van der Waals surface area contributed by atoms with Crippen molar-refractivity contribution < 1.29 is 33.8 Å². The van der Waals surface area contributed by atoms with Crippen molar-refractivity contribution in [2.24, 2.45) is 0 Å². The van der Waals surface area contributed by atoms with E-state index in [0.29, 0.717) is 0 Å². The Hall–Kier alpha value is 0.220. The summed E-state index contributed by atoms with van der Waals surface area (Å²) in [4.78, 5) is 36.9. The zero-order valence-corrected chi connectivity index (χ0v) is 11.0. The van der Waals surface area contributed by atoms with Gasteiger partial charge >= 0.3 is 15.2 Å². The lowest BCUT2D eigenvalue weighted by molar-refractivity contribution is 0.0986. The summed E-state index contributed by atoms with van der Waals surface area (Å²) in [5.41, 5.74) is 0. The van der Waals surface area contributed by atoms with Gasteiger partial charge in [-0.25, -0.2) is 0 Å². The normalized spacial score (nSPS) is 16.6. The van der Waals surface area contributed by atoms with Crippen LogP contribution in [0.15, 0.2) is 0 Å². The van der Waals surface area contributed by atoms with Crippen LogP contribution in [0.4, 0.5) is 0 Å². The Kier molecular flexibility index (Phi) is 4.91. The minimum atomic E-state index is -5.34. The number of nitrogens with zero attached hydrogens (tertiary/aromatic N) is 1. The van der Waals surface area contributed by atoms with E-state index in [1.807, 2.05) is 0 Å². The van der Waals surface area contributed by atoms with Crippen LogP contribution in [0.5, 0.6) is 0 Å². The Morgan fingerprint density at radius 3 is 1.62 bits per heavy atom. The van der Waals surface area contributed by atoms with Crippen molar-refractivity contribution in [1.82, 2.24) is 4.90 Å². The summed E-state index contributed by atoms with van der Waals surface area (Å²) in [6.45, 7) is 1.48. The van der Waals surface area contributed by atoms with E-state index in [0.717, 1.165) is 0 Å². The van der Waals surface area contributed by atoms with Crippen molar-refractivity contribution in [1.29, 1.82) is 0 Å². The second-order valence-corrected chi connectivity index (χ2v) is 7.89. The number of hydrogen-bond acceptors (Lipinski definition) is 4. The quantitative estimate of drug-likeness (QED) is 0.417. The molecule has 10 heteroatoms. The molecule has 16 heavy (non-hydrogen) atoms. The first-order valence-corrected chi connectivity index (χ1v) is 7.55. The molecule has 0 heterocycles. The molecule has 1 unspecified atom stereocenters. The summed E-state index contributed by atoms with van der Waals surface area (Å²) in [5, 5.41) is 6.22. The monoisotopic (exact) mass is 277 g/mol. The molecular weight excluding hydrogens is 260 g/mol. The van der Waals surface area contributed by atoms with Gasteiger partial charge in [-0.05, 0) is 21.0 Å². The molecule has 1 atom stereocenters. The SMILES string of the molecule is CC(CC(O)(P(=O)(O)O)P(=O)(O)O)N(C)C. The lowest BCUT2D eigenvalue weighted by Gasteiger charge is -2.33. The minimum absolute atomic E-state index is 0.606. The Morgan fingerprint density at radius 1 is 1.12 bits per heavy atom. The van der Waals surface area contributed by atoms with Gasteiger partial charge in [-0.15, -0.1) is 0 Å². The molecule has 0 saturated heterocycles. The van der Waals surface area contributed by atoms with Gasteiger partial charge in [0.1, 0.15) is 0 Å². The predicted molar refractivity (Wildman–Crippen MR) is 56.8 cm³/mol. The summed E-state index contributed by atoms with van der Waals surface area (Å²) in [6.07, 6.45) is -0.728. The topological polar surface area (TPSA) is 139 Å². The van der Waals surface area contributed by atoms with Crippen LogP contribution in [0.2, 0.25) is 0 Å². The van der Waals surface area contributed by atoms with Crippen molar-refractivity contribution in [2.45, 2.75) is 24.5 Å². The first-order valence-electron chi connectivity index (χ1n) is 4.33. The van der Waals surface area contributed by atoms with Crippen molar-refractivity contribution in [2.75, 3.05) is 14.1 Å². The first-order chi connectivity index (χ1) is 6.83. The first kappa shape index (κ1) is 16.2. The molecule has 0 aromatic rings. The van der Waals surface area contributed by atoms with Gasteiger partial charge in [0.25, 0.3) is 5.08 Å². The second-order valence-electron chi connectivity index (χ2n) is 3.88. The summed E-state index contributed by atoms with van der Waals surface area (Å²) in [5.74, 6) is 0. The molecule has 0 amide bonds. The Labute approximate surface area is 93.2 Å². The largest absolute Gasteiger partial charge is 0.369 e. The van der Waals surface area contributed by atoms with Crippen LogP contribution >= 0.6 is 15.2 Å². The average molecular weight is 277 g/mol. The standard InChI is InChI=1S/C6H17NO7P2/c1-5(7(2)3)4-6(8,15(9,10)11)16(12,13)14/h5,8H,4H2,1-3H3,(H2,9,10,11)(H2,12,13,14). The highest BCUT2D eigenvalue weighted by molar-refractivity contribution is 7.72. The van der Waals surface area contributed by atoms with Gasteiger partial charge in [0.15, 0.2) is 0 Å². The molecule has 0 aromatic heterocycles. The average Bonchev–Trinajstić information content (AvgIpc) is 1.99. The van der Waals surface area contributed by atoms with Crippen LogP contribution in [0.3, 0.4) is 0 Å². The number of aliphatic hydroxyl groups is 1. The van der Waals surface area contributed by atoms with Crippen LogP contribution in [0, 0.1) is 0 Å². The number of hydrogen-bond donors (Lipinski definition) is 5. The Balaban J connectivity index is 5.31. The molecule has 0 rings (SSSR count). The Morgan fingerprint density at radius 2 is 1.44 bits per heavy atom. The van der Waals surface area contributed by atoms with Crippen molar-refractivity contribution >= 4 is 15.2 Å². The molecule has 0 aromatic carbocycles. The van der Waals surface area contributed by atoms with Gasteiger partial charge in [-0.3, -0.25) is 9.13 Å². The molecule has 8 nitrogen and oxygen atoms in total. The predicted octanol–water partition coefficient (Wildman–Crippen LogP) is -0.672. The lowest BCUT2D eigenvalue weighted by atomic mass is 10.2. The molecule has 0 radical (unpaired) electrons. The summed E-state index contributed by atoms with van der Waals surface area (Å²) >= 11 is 0. The fourth-order valence-electron chi connectivity index (χ4n) is 0.986. The highest BCUT2D eigenvalue weighted by atomic mass is 31.2. The van der Waals surface area contributed by atoms with Gasteiger partial charge in [0, 0.05) is 12.5 Å². The number of rotatable bonds is 5. The maximum atomic E-state index is 11.0. The highest BCUT2D eigenvalue weighted by Gasteiger charge is 2.59. The third-order valence-corrected chi connectivity index (χ3v) is 6.18.